The quantitative estimate of drug-likeness (QED) is 0.390. The summed E-state index contributed by atoms with van der Waals surface area (Å²) in [6.45, 7) is 2.72. The first-order valence-corrected chi connectivity index (χ1v) is 18.5. The minimum Gasteiger partial charge on any atom is -0.378 e. The Labute approximate surface area is 273 Å². The highest BCUT2D eigenvalue weighted by Crippen LogP contribution is 2.59. The molecule has 0 radical (unpaired) electrons. The van der Waals surface area contributed by atoms with Crippen LogP contribution in [0.3, 0.4) is 0 Å². The highest BCUT2D eigenvalue weighted by atomic mass is 32.1. The standard InChI is InChI=1S/C31H37F2N4O8PS/c32-31(33,46(42,43)44)20-1-4-24-18(13-20)14-25(47-24)26(38)34-22-5-6-30(7-8-30)15-21-2-3-23(37(21)28(22)40)29(41)36-16-19(17-36)27(39)35-9-11-45-12-10-35/h1,4,13-14,19,21-23H,2-3,5-12,15-17H2,(H,34,38)(H2,42,43,44)/t21-,22+,23+/m1/s1. The van der Waals surface area contributed by atoms with Crippen molar-refractivity contribution in [3.63, 3.8) is 0 Å². The van der Waals surface area contributed by atoms with E-state index in [4.69, 9.17) is 14.5 Å². The van der Waals surface area contributed by atoms with Crippen LogP contribution >= 0.6 is 18.9 Å². The van der Waals surface area contributed by atoms with Crippen LogP contribution < -0.4 is 5.32 Å². The number of thiophene rings is 1. The van der Waals surface area contributed by atoms with E-state index in [1.165, 1.54) is 12.1 Å². The lowest BCUT2D eigenvalue weighted by Gasteiger charge is -2.44. The summed E-state index contributed by atoms with van der Waals surface area (Å²) in [4.78, 5) is 77.8. The number of morpholine rings is 1. The summed E-state index contributed by atoms with van der Waals surface area (Å²) in [5.41, 5.74) is -5.16. The largest absolute Gasteiger partial charge is 0.399 e. The Morgan fingerprint density at radius 2 is 1.72 bits per heavy atom. The van der Waals surface area contributed by atoms with Gasteiger partial charge in [0.25, 0.3) is 5.91 Å². The lowest BCUT2D eigenvalue weighted by atomic mass is 9.86. The minimum absolute atomic E-state index is 0.0235. The first kappa shape index (κ1) is 32.6. The van der Waals surface area contributed by atoms with Crippen LogP contribution in [0.2, 0.25) is 0 Å². The monoisotopic (exact) mass is 694 g/mol. The molecule has 1 aliphatic carbocycles. The number of rotatable bonds is 6. The zero-order valence-electron chi connectivity index (χ0n) is 25.6. The fraction of sp³-hybridized carbons (Fsp3) is 0.613. The van der Waals surface area contributed by atoms with Gasteiger partial charge in [0.2, 0.25) is 17.7 Å². The summed E-state index contributed by atoms with van der Waals surface area (Å²) in [6, 6.07) is 2.86. The third kappa shape index (κ3) is 5.98. The second kappa shape index (κ2) is 11.9. The minimum atomic E-state index is -5.76. The van der Waals surface area contributed by atoms with E-state index >= 15 is 0 Å². The topological polar surface area (TPSA) is 157 Å². The number of ether oxygens (including phenoxy) is 1. The van der Waals surface area contributed by atoms with Crippen molar-refractivity contribution >= 4 is 52.6 Å². The van der Waals surface area contributed by atoms with E-state index in [1.54, 1.807) is 14.7 Å². The molecule has 16 heteroatoms. The van der Waals surface area contributed by atoms with Gasteiger partial charge in [0.05, 0.1) is 24.0 Å². The SMILES string of the molecule is O=C(N[C@H]1CCC2(CC2)C[C@H]2CC[C@@H](C(=O)N3CC(C(=O)N4CCOCC4)C3)N2C1=O)c1cc2cc(C(F)(F)P(=O)(O)O)ccc2s1. The van der Waals surface area contributed by atoms with Gasteiger partial charge in [0, 0.05) is 42.5 Å². The summed E-state index contributed by atoms with van der Waals surface area (Å²) in [5, 5.41) is 3.08. The van der Waals surface area contributed by atoms with Gasteiger partial charge in [0.15, 0.2) is 0 Å². The van der Waals surface area contributed by atoms with E-state index in [9.17, 15) is 32.5 Å². The van der Waals surface area contributed by atoms with Gasteiger partial charge >= 0.3 is 13.3 Å². The van der Waals surface area contributed by atoms with Crippen molar-refractivity contribution in [2.75, 3.05) is 39.4 Å². The van der Waals surface area contributed by atoms with Crippen LogP contribution in [0.1, 0.15) is 60.2 Å². The van der Waals surface area contributed by atoms with Crippen molar-refractivity contribution in [1.29, 1.82) is 0 Å². The molecule has 3 atom stereocenters. The Morgan fingerprint density at radius 3 is 2.40 bits per heavy atom. The number of benzene rings is 1. The second-order valence-electron chi connectivity index (χ2n) is 13.6. The Bertz CT molecular complexity index is 1670. The van der Waals surface area contributed by atoms with Crippen molar-refractivity contribution in [2.45, 2.75) is 68.7 Å². The molecule has 5 aliphatic rings. The van der Waals surface area contributed by atoms with Crippen molar-refractivity contribution in [3.8, 4) is 0 Å². The molecule has 2 aromatic rings. The fourth-order valence-corrected chi connectivity index (χ4v) is 9.01. The molecule has 5 fully saturated rings. The molecule has 5 heterocycles. The molecule has 254 valence electrons. The maximum Gasteiger partial charge on any atom is 0.399 e. The number of nitrogens with one attached hydrogen (secondary N) is 1. The van der Waals surface area contributed by atoms with Crippen molar-refractivity contribution in [3.05, 3.63) is 34.7 Å². The first-order chi connectivity index (χ1) is 22.3. The van der Waals surface area contributed by atoms with Crippen molar-refractivity contribution < 1.29 is 47.0 Å². The predicted molar refractivity (Wildman–Crippen MR) is 166 cm³/mol. The third-order valence-corrected chi connectivity index (χ3v) is 12.7. The summed E-state index contributed by atoms with van der Waals surface area (Å²) < 4.78 is 45.8. The normalized spacial score (nSPS) is 26.5. The zero-order chi connectivity index (χ0) is 33.3. The smallest absolute Gasteiger partial charge is 0.378 e. The Balaban J connectivity index is 1.06. The first-order valence-electron chi connectivity index (χ1n) is 16.0. The number of halogens is 2. The zero-order valence-corrected chi connectivity index (χ0v) is 27.3. The molecule has 12 nitrogen and oxygen atoms in total. The van der Waals surface area contributed by atoms with Gasteiger partial charge in [-0.15, -0.1) is 11.3 Å². The van der Waals surface area contributed by atoms with E-state index in [0.29, 0.717) is 63.4 Å². The molecule has 1 spiro atoms. The number of fused-ring (bicyclic) bond motifs is 2. The summed E-state index contributed by atoms with van der Waals surface area (Å²) >= 11 is 1.02. The van der Waals surface area contributed by atoms with E-state index in [2.05, 4.69) is 5.32 Å². The van der Waals surface area contributed by atoms with Crippen LogP contribution in [0.5, 0.6) is 0 Å². The van der Waals surface area contributed by atoms with Gasteiger partial charge in [-0.1, -0.05) is 6.07 Å². The number of likely N-dealkylation sites (tertiary alicyclic amines) is 1. The molecule has 1 aromatic carbocycles. The summed E-state index contributed by atoms with van der Waals surface area (Å²) in [6.07, 6.45) is 5.24. The fourth-order valence-electron chi connectivity index (χ4n) is 7.59. The number of alkyl halides is 2. The second-order valence-corrected chi connectivity index (χ2v) is 16.3. The van der Waals surface area contributed by atoms with Crippen molar-refractivity contribution in [2.24, 2.45) is 11.3 Å². The van der Waals surface area contributed by atoms with Gasteiger partial charge in [0.1, 0.15) is 12.1 Å². The molecule has 0 bridgehead atoms. The van der Waals surface area contributed by atoms with Gasteiger partial charge in [-0.3, -0.25) is 23.7 Å². The van der Waals surface area contributed by atoms with E-state index in [0.717, 1.165) is 49.2 Å². The average molecular weight is 695 g/mol. The number of carbonyl (C=O) groups is 4. The predicted octanol–water partition coefficient (Wildman–Crippen LogP) is 2.87. The average Bonchev–Trinajstić information content (AvgIpc) is 3.44. The van der Waals surface area contributed by atoms with Gasteiger partial charge < -0.3 is 34.5 Å². The molecule has 1 aromatic heterocycles. The molecular formula is C31H37F2N4O8PS. The highest BCUT2D eigenvalue weighted by Gasteiger charge is 2.54. The number of hydrogen-bond donors (Lipinski definition) is 3. The molecule has 0 unspecified atom stereocenters. The van der Waals surface area contributed by atoms with E-state index in [1.807, 2.05) is 0 Å². The van der Waals surface area contributed by atoms with Crippen LogP contribution in [0.4, 0.5) is 8.78 Å². The number of nitrogens with zero attached hydrogens (tertiary/aromatic N) is 3. The van der Waals surface area contributed by atoms with Crippen LogP contribution in [-0.4, -0.2) is 106 Å². The van der Waals surface area contributed by atoms with E-state index < -0.39 is 36.8 Å². The molecule has 4 aliphatic heterocycles. The molecular weight excluding hydrogens is 657 g/mol. The molecule has 7 rings (SSSR count). The number of amides is 4. The molecule has 1 saturated carbocycles. The van der Waals surface area contributed by atoms with Crippen LogP contribution in [-0.2, 0) is 29.3 Å². The Kier molecular flexibility index (Phi) is 8.22. The molecule has 3 N–H and O–H groups in total. The Hall–Kier alpha value is -2.97. The molecule has 47 heavy (non-hydrogen) atoms. The maximum absolute atomic E-state index is 14.3. The lowest BCUT2D eigenvalue weighted by molar-refractivity contribution is -0.157. The number of hydrogen-bond acceptors (Lipinski definition) is 7. The molecule has 4 saturated heterocycles. The summed E-state index contributed by atoms with van der Waals surface area (Å²) in [5.74, 6) is -1.30. The van der Waals surface area contributed by atoms with Gasteiger partial charge in [-0.25, -0.2) is 0 Å². The van der Waals surface area contributed by atoms with E-state index in [-0.39, 0.29) is 45.4 Å². The van der Waals surface area contributed by atoms with Crippen LogP contribution in [0.25, 0.3) is 10.1 Å². The van der Waals surface area contributed by atoms with Crippen LogP contribution in [0.15, 0.2) is 24.3 Å². The highest BCUT2D eigenvalue weighted by molar-refractivity contribution is 7.52. The van der Waals surface area contributed by atoms with Crippen molar-refractivity contribution in [1.82, 2.24) is 20.0 Å². The number of carbonyl (C=O) groups excluding carboxylic acids is 4. The van der Waals surface area contributed by atoms with Gasteiger partial charge in [-0.05, 0) is 73.9 Å². The van der Waals surface area contributed by atoms with Crippen LogP contribution in [0, 0.1) is 11.3 Å². The maximum atomic E-state index is 14.3. The van der Waals surface area contributed by atoms with Gasteiger partial charge in [-0.2, -0.15) is 8.78 Å². The lowest BCUT2D eigenvalue weighted by Crippen LogP contribution is -2.62. The Morgan fingerprint density at radius 1 is 1.00 bits per heavy atom. The summed E-state index contributed by atoms with van der Waals surface area (Å²) in [7, 11) is -5.76. The molecule has 4 amide bonds. The third-order valence-electron chi connectivity index (χ3n) is 10.6.